The number of phenols is 1. The highest BCUT2D eigenvalue weighted by atomic mass is 16.4. The topological polar surface area (TPSA) is 60.8 Å². The number of aromatic hydroxyl groups is 1. The van der Waals surface area contributed by atoms with Crippen LogP contribution in [0.3, 0.4) is 0 Å². The van der Waals surface area contributed by atoms with E-state index in [1.807, 2.05) is 4.90 Å². The quantitative estimate of drug-likeness (QED) is 0.852. The van der Waals surface area contributed by atoms with E-state index in [0.29, 0.717) is 18.3 Å². The van der Waals surface area contributed by atoms with Crippen molar-refractivity contribution in [2.24, 2.45) is 11.8 Å². The molecule has 0 bridgehead atoms. The summed E-state index contributed by atoms with van der Waals surface area (Å²) in [7, 11) is 0. The molecule has 0 aromatic heterocycles. The number of hydrogen-bond acceptors (Lipinski definition) is 3. The molecule has 0 aliphatic carbocycles. The Morgan fingerprint density at radius 2 is 1.89 bits per heavy atom. The van der Waals surface area contributed by atoms with E-state index in [9.17, 15) is 15.0 Å². The fraction of sp³-hybridized carbons (Fsp3) is 0.533. The van der Waals surface area contributed by atoms with Gasteiger partial charge >= 0.3 is 5.97 Å². The van der Waals surface area contributed by atoms with Crippen molar-refractivity contribution >= 4 is 5.97 Å². The van der Waals surface area contributed by atoms with Gasteiger partial charge in [0.05, 0.1) is 0 Å². The lowest BCUT2D eigenvalue weighted by molar-refractivity contribution is -0.146. The van der Waals surface area contributed by atoms with Gasteiger partial charge in [0.25, 0.3) is 0 Å². The molecule has 104 valence electrons. The van der Waals surface area contributed by atoms with Crippen LogP contribution in [0.5, 0.6) is 5.75 Å². The van der Waals surface area contributed by atoms with Crippen molar-refractivity contribution in [2.45, 2.75) is 26.3 Å². The molecule has 4 heteroatoms. The average molecular weight is 263 g/mol. The van der Waals surface area contributed by atoms with E-state index in [0.717, 1.165) is 18.7 Å². The van der Waals surface area contributed by atoms with Crippen LogP contribution in [0.2, 0.25) is 0 Å². The molecule has 1 heterocycles. The van der Waals surface area contributed by atoms with E-state index >= 15 is 0 Å². The Bertz CT molecular complexity index is 435. The maximum absolute atomic E-state index is 11.4. The maximum Gasteiger partial charge on any atom is 0.321 e. The van der Waals surface area contributed by atoms with E-state index in [1.165, 1.54) is 0 Å². The molecule has 2 rings (SSSR count). The van der Waals surface area contributed by atoms with Crippen molar-refractivity contribution in [2.75, 3.05) is 13.1 Å². The molecule has 0 saturated carbocycles. The number of likely N-dealkylation sites (tertiary alicyclic amines) is 1. The van der Waals surface area contributed by atoms with Crippen molar-refractivity contribution in [3.8, 4) is 5.75 Å². The van der Waals surface area contributed by atoms with Crippen molar-refractivity contribution in [1.29, 1.82) is 0 Å². The van der Waals surface area contributed by atoms with Crippen molar-refractivity contribution < 1.29 is 15.0 Å². The first-order valence-electron chi connectivity index (χ1n) is 6.72. The zero-order valence-electron chi connectivity index (χ0n) is 11.4. The van der Waals surface area contributed by atoms with E-state index < -0.39 is 12.0 Å². The van der Waals surface area contributed by atoms with E-state index in [1.54, 1.807) is 24.3 Å². The predicted molar refractivity (Wildman–Crippen MR) is 73.1 cm³/mol. The largest absolute Gasteiger partial charge is 0.508 e. The number of carboxylic acid groups (broad SMARTS) is 1. The highest BCUT2D eigenvalue weighted by Crippen LogP contribution is 2.27. The number of carbonyl (C=O) groups is 1. The molecular weight excluding hydrogens is 242 g/mol. The second-order valence-corrected chi connectivity index (χ2v) is 5.68. The first-order valence-corrected chi connectivity index (χ1v) is 6.72. The number of rotatable bonds is 5. The normalized spacial score (nSPS) is 18.3. The standard InChI is InChI=1S/C15H21NO3/c1-10(2)12-8-16(9-12)14(15(18)19)7-11-3-5-13(17)6-4-11/h3-6,10,12,14,17H,7-9H2,1-2H3,(H,18,19). The number of phenolic OH excluding ortho intramolecular Hbond substituents is 1. The molecule has 1 unspecified atom stereocenters. The number of benzene rings is 1. The SMILES string of the molecule is CC(C)C1CN(C(Cc2ccc(O)cc2)C(=O)O)C1. The Morgan fingerprint density at radius 1 is 1.32 bits per heavy atom. The van der Waals surface area contributed by atoms with E-state index in [-0.39, 0.29) is 5.75 Å². The summed E-state index contributed by atoms with van der Waals surface area (Å²) in [5.74, 6) is 0.663. The Kier molecular flexibility index (Phi) is 4.10. The smallest absolute Gasteiger partial charge is 0.321 e. The highest BCUT2D eigenvalue weighted by Gasteiger charge is 2.37. The van der Waals surface area contributed by atoms with Gasteiger partial charge in [0, 0.05) is 13.1 Å². The van der Waals surface area contributed by atoms with Gasteiger partial charge in [0.2, 0.25) is 0 Å². The monoisotopic (exact) mass is 263 g/mol. The van der Waals surface area contributed by atoms with Crippen LogP contribution in [0.1, 0.15) is 19.4 Å². The van der Waals surface area contributed by atoms with Crippen molar-refractivity contribution in [3.63, 3.8) is 0 Å². The summed E-state index contributed by atoms with van der Waals surface area (Å²) < 4.78 is 0. The van der Waals surface area contributed by atoms with Gasteiger partial charge in [0.15, 0.2) is 0 Å². The van der Waals surface area contributed by atoms with Crippen LogP contribution >= 0.6 is 0 Å². The summed E-state index contributed by atoms with van der Waals surface area (Å²) in [6, 6.07) is 6.30. The lowest BCUT2D eigenvalue weighted by Crippen LogP contribution is -2.57. The van der Waals surface area contributed by atoms with Crippen LogP contribution in [0.25, 0.3) is 0 Å². The summed E-state index contributed by atoms with van der Waals surface area (Å²) >= 11 is 0. The number of aliphatic carboxylic acids is 1. The molecule has 1 fully saturated rings. The zero-order valence-corrected chi connectivity index (χ0v) is 11.4. The first kappa shape index (κ1) is 13.9. The molecular formula is C15H21NO3. The molecule has 1 aromatic carbocycles. The second kappa shape index (κ2) is 5.61. The van der Waals surface area contributed by atoms with Gasteiger partial charge in [-0.15, -0.1) is 0 Å². The molecule has 1 aliphatic heterocycles. The first-order chi connectivity index (χ1) is 8.97. The fourth-order valence-corrected chi connectivity index (χ4v) is 2.45. The summed E-state index contributed by atoms with van der Waals surface area (Å²) in [5.41, 5.74) is 0.943. The Balaban J connectivity index is 1.98. The molecule has 1 aliphatic rings. The minimum atomic E-state index is -0.768. The Morgan fingerprint density at radius 3 is 2.37 bits per heavy atom. The molecule has 0 spiro atoms. The predicted octanol–water partition coefficient (Wildman–Crippen LogP) is 1.98. The van der Waals surface area contributed by atoms with Gasteiger partial charge in [-0.1, -0.05) is 26.0 Å². The van der Waals surface area contributed by atoms with Crippen LogP contribution in [0.15, 0.2) is 24.3 Å². The van der Waals surface area contributed by atoms with Gasteiger partial charge in [-0.2, -0.15) is 0 Å². The van der Waals surface area contributed by atoms with Gasteiger partial charge < -0.3 is 10.2 Å². The zero-order chi connectivity index (χ0) is 14.0. The molecule has 1 atom stereocenters. The third kappa shape index (κ3) is 3.26. The summed E-state index contributed by atoms with van der Waals surface area (Å²) in [5, 5.41) is 18.6. The van der Waals surface area contributed by atoms with Gasteiger partial charge in [0.1, 0.15) is 11.8 Å². The highest BCUT2D eigenvalue weighted by molar-refractivity contribution is 5.74. The minimum absolute atomic E-state index is 0.208. The van der Waals surface area contributed by atoms with Crippen LogP contribution in [-0.2, 0) is 11.2 Å². The third-order valence-electron chi connectivity index (χ3n) is 3.97. The average Bonchev–Trinajstić information content (AvgIpc) is 2.27. The van der Waals surface area contributed by atoms with Gasteiger partial charge in [-0.3, -0.25) is 9.69 Å². The Labute approximate surface area is 113 Å². The lowest BCUT2D eigenvalue weighted by atomic mass is 9.86. The van der Waals surface area contributed by atoms with Crippen LogP contribution in [-0.4, -0.2) is 40.2 Å². The summed E-state index contributed by atoms with van der Waals surface area (Å²) in [6.45, 7) is 6.09. The second-order valence-electron chi connectivity index (χ2n) is 5.68. The maximum atomic E-state index is 11.4. The number of carboxylic acids is 1. The minimum Gasteiger partial charge on any atom is -0.508 e. The molecule has 19 heavy (non-hydrogen) atoms. The summed E-state index contributed by atoms with van der Waals surface area (Å²) in [4.78, 5) is 13.4. The van der Waals surface area contributed by atoms with Crippen LogP contribution in [0.4, 0.5) is 0 Å². The van der Waals surface area contributed by atoms with Crippen molar-refractivity contribution in [3.05, 3.63) is 29.8 Å². The van der Waals surface area contributed by atoms with Crippen molar-refractivity contribution in [1.82, 2.24) is 4.90 Å². The van der Waals surface area contributed by atoms with Crippen LogP contribution < -0.4 is 0 Å². The molecule has 4 nitrogen and oxygen atoms in total. The number of hydrogen-bond donors (Lipinski definition) is 2. The summed E-state index contributed by atoms with van der Waals surface area (Å²) in [6.07, 6.45) is 0.487. The molecule has 0 amide bonds. The molecule has 2 N–H and O–H groups in total. The van der Waals surface area contributed by atoms with E-state index in [4.69, 9.17) is 0 Å². The Hall–Kier alpha value is -1.55. The van der Waals surface area contributed by atoms with Gasteiger partial charge in [-0.25, -0.2) is 0 Å². The van der Waals surface area contributed by atoms with Crippen LogP contribution in [0, 0.1) is 11.8 Å². The van der Waals surface area contributed by atoms with Gasteiger partial charge in [-0.05, 0) is 36.0 Å². The van der Waals surface area contributed by atoms with E-state index in [2.05, 4.69) is 13.8 Å². The third-order valence-corrected chi connectivity index (χ3v) is 3.97. The lowest BCUT2D eigenvalue weighted by Gasteiger charge is -2.44. The number of nitrogens with zero attached hydrogens (tertiary/aromatic N) is 1. The fourth-order valence-electron chi connectivity index (χ4n) is 2.45. The molecule has 1 saturated heterocycles. The molecule has 0 radical (unpaired) electrons. The molecule has 1 aromatic rings.